The molecule has 5 heteroatoms. The first-order chi connectivity index (χ1) is 10.8. The molecule has 116 valence electrons. The quantitative estimate of drug-likeness (QED) is 0.849. The van der Waals surface area contributed by atoms with E-state index >= 15 is 0 Å². The second kappa shape index (κ2) is 7.40. The highest BCUT2D eigenvalue weighted by atomic mass is 79.9. The third kappa shape index (κ3) is 3.59. The molecule has 1 saturated heterocycles. The molecule has 1 N–H and O–H groups in total. The molecular formula is C17H19BrN2OS. The second-order valence-corrected chi connectivity index (χ2v) is 7.14. The van der Waals surface area contributed by atoms with Crippen LogP contribution in [0.2, 0.25) is 0 Å². The number of nitrogens with zero attached hydrogens (tertiary/aromatic N) is 1. The highest BCUT2D eigenvalue weighted by molar-refractivity contribution is 9.10. The molecule has 2 aromatic rings. The molecule has 1 unspecified atom stereocenters. The van der Waals surface area contributed by atoms with Gasteiger partial charge in [0.05, 0.1) is 11.6 Å². The minimum Gasteiger partial charge on any atom is -0.350 e. The van der Waals surface area contributed by atoms with Gasteiger partial charge in [-0.25, -0.2) is 0 Å². The molecule has 0 bridgehead atoms. The largest absolute Gasteiger partial charge is 0.350 e. The number of amides is 1. The average Bonchev–Trinajstić information content (AvgIpc) is 3.21. The summed E-state index contributed by atoms with van der Waals surface area (Å²) in [6.07, 6.45) is 2.50. The summed E-state index contributed by atoms with van der Waals surface area (Å²) < 4.78 is 0.834. The molecule has 3 nitrogen and oxygen atoms in total. The van der Waals surface area contributed by atoms with Crippen molar-refractivity contribution < 1.29 is 4.79 Å². The molecule has 3 rings (SSSR count). The van der Waals surface area contributed by atoms with Gasteiger partial charge in [-0.2, -0.15) is 11.3 Å². The molecule has 0 spiro atoms. The Bertz CT molecular complexity index is 623. The molecule has 0 radical (unpaired) electrons. The summed E-state index contributed by atoms with van der Waals surface area (Å²) in [6.45, 7) is 2.88. The van der Waals surface area contributed by atoms with Crippen LogP contribution in [0, 0.1) is 0 Å². The van der Waals surface area contributed by atoms with Crippen molar-refractivity contribution in [1.82, 2.24) is 10.2 Å². The highest BCUT2D eigenvalue weighted by Gasteiger charge is 2.24. The highest BCUT2D eigenvalue weighted by Crippen LogP contribution is 2.26. The second-order valence-electron chi connectivity index (χ2n) is 5.51. The summed E-state index contributed by atoms with van der Waals surface area (Å²) in [6, 6.07) is 9.98. The van der Waals surface area contributed by atoms with Gasteiger partial charge in [0.15, 0.2) is 0 Å². The first-order valence-corrected chi connectivity index (χ1v) is 9.28. The Hall–Kier alpha value is -1.17. The van der Waals surface area contributed by atoms with Crippen molar-refractivity contribution >= 4 is 33.2 Å². The zero-order chi connectivity index (χ0) is 15.4. The molecule has 1 aliphatic heterocycles. The van der Waals surface area contributed by atoms with Gasteiger partial charge in [0.1, 0.15) is 0 Å². The van der Waals surface area contributed by atoms with Gasteiger partial charge >= 0.3 is 0 Å². The Labute approximate surface area is 143 Å². The van der Waals surface area contributed by atoms with Crippen LogP contribution in [0.1, 0.15) is 34.8 Å². The van der Waals surface area contributed by atoms with Crippen molar-refractivity contribution in [2.75, 3.05) is 19.6 Å². The number of likely N-dealkylation sites (tertiary alicyclic amines) is 1. The molecule has 1 aromatic heterocycles. The number of carbonyl (C=O) groups excluding carboxylic acids is 1. The Morgan fingerprint density at radius 1 is 1.27 bits per heavy atom. The molecule has 1 fully saturated rings. The summed E-state index contributed by atoms with van der Waals surface area (Å²) >= 11 is 5.15. The number of thiophene rings is 1. The van der Waals surface area contributed by atoms with E-state index in [1.54, 1.807) is 11.3 Å². The van der Waals surface area contributed by atoms with Crippen LogP contribution in [-0.2, 0) is 0 Å². The normalized spacial score (nSPS) is 16.6. The van der Waals surface area contributed by atoms with Crippen molar-refractivity contribution in [3.05, 3.63) is 56.7 Å². The summed E-state index contributed by atoms with van der Waals surface area (Å²) in [5, 5.41) is 7.39. The monoisotopic (exact) mass is 378 g/mol. The van der Waals surface area contributed by atoms with Crippen LogP contribution in [-0.4, -0.2) is 30.4 Å². The van der Waals surface area contributed by atoms with E-state index in [1.807, 2.05) is 24.3 Å². The molecule has 1 atom stereocenters. The lowest BCUT2D eigenvalue weighted by atomic mass is 10.1. The van der Waals surface area contributed by atoms with E-state index in [9.17, 15) is 4.79 Å². The summed E-state index contributed by atoms with van der Waals surface area (Å²) in [5.74, 6) is -0.0214. The first kappa shape index (κ1) is 15.7. The van der Waals surface area contributed by atoms with E-state index in [-0.39, 0.29) is 11.9 Å². The van der Waals surface area contributed by atoms with Gasteiger partial charge < -0.3 is 5.32 Å². The van der Waals surface area contributed by atoms with Gasteiger partial charge in [-0.1, -0.05) is 12.1 Å². The number of hydrogen-bond acceptors (Lipinski definition) is 3. The topological polar surface area (TPSA) is 32.3 Å². The number of halogens is 1. The maximum atomic E-state index is 12.4. The third-order valence-electron chi connectivity index (χ3n) is 4.08. The smallest absolute Gasteiger partial charge is 0.252 e. The minimum atomic E-state index is -0.0214. The van der Waals surface area contributed by atoms with Crippen LogP contribution in [0.25, 0.3) is 0 Å². The first-order valence-electron chi connectivity index (χ1n) is 7.54. The van der Waals surface area contributed by atoms with E-state index in [4.69, 9.17) is 0 Å². The van der Waals surface area contributed by atoms with Crippen LogP contribution < -0.4 is 5.32 Å². The molecular weight excluding hydrogens is 360 g/mol. The Kier molecular flexibility index (Phi) is 5.28. The van der Waals surface area contributed by atoms with Crippen LogP contribution in [0.4, 0.5) is 0 Å². The van der Waals surface area contributed by atoms with E-state index in [2.05, 4.69) is 43.0 Å². The van der Waals surface area contributed by atoms with Gasteiger partial charge in [0, 0.05) is 11.0 Å². The number of nitrogens with one attached hydrogen (secondary N) is 1. The number of benzene rings is 1. The summed E-state index contributed by atoms with van der Waals surface area (Å²) in [5.41, 5.74) is 1.99. The average molecular weight is 379 g/mol. The number of hydrogen-bond donors (Lipinski definition) is 1. The van der Waals surface area contributed by atoms with Crippen molar-refractivity contribution in [1.29, 1.82) is 0 Å². The zero-order valence-electron chi connectivity index (χ0n) is 12.3. The number of carbonyl (C=O) groups is 1. The van der Waals surface area contributed by atoms with Crippen LogP contribution in [0.3, 0.4) is 0 Å². The van der Waals surface area contributed by atoms with Crippen LogP contribution in [0.5, 0.6) is 0 Å². The van der Waals surface area contributed by atoms with E-state index in [1.165, 1.54) is 18.4 Å². The molecule has 1 aliphatic rings. The van der Waals surface area contributed by atoms with E-state index in [0.29, 0.717) is 12.1 Å². The summed E-state index contributed by atoms with van der Waals surface area (Å²) in [4.78, 5) is 14.9. The van der Waals surface area contributed by atoms with Crippen LogP contribution >= 0.6 is 27.3 Å². The van der Waals surface area contributed by atoms with Gasteiger partial charge in [0.2, 0.25) is 0 Å². The SMILES string of the molecule is O=C(NCC(c1ccsc1)N1CCCC1)c1ccccc1Br. The predicted octanol–water partition coefficient (Wildman–Crippen LogP) is 4.08. The lowest BCUT2D eigenvalue weighted by molar-refractivity contribution is 0.0937. The minimum absolute atomic E-state index is 0.0214. The fraction of sp³-hybridized carbons (Fsp3) is 0.353. The van der Waals surface area contributed by atoms with Gasteiger partial charge in [-0.3, -0.25) is 9.69 Å². The van der Waals surface area contributed by atoms with Crippen LogP contribution in [0.15, 0.2) is 45.6 Å². The third-order valence-corrected chi connectivity index (χ3v) is 5.48. The maximum Gasteiger partial charge on any atom is 0.252 e. The molecule has 0 saturated carbocycles. The van der Waals surface area contributed by atoms with Crippen molar-refractivity contribution in [2.45, 2.75) is 18.9 Å². The molecule has 2 heterocycles. The van der Waals surface area contributed by atoms with Crippen molar-refractivity contribution in [3.63, 3.8) is 0 Å². The Morgan fingerprint density at radius 2 is 2.05 bits per heavy atom. The fourth-order valence-electron chi connectivity index (χ4n) is 2.91. The Balaban J connectivity index is 1.69. The molecule has 1 amide bonds. The molecule has 22 heavy (non-hydrogen) atoms. The van der Waals surface area contributed by atoms with Crippen molar-refractivity contribution in [3.8, 4) is 0 Å². The standard InChI is InChI=1S/C17H19BrN2OS/c18-15-6-2-1-5-14(15)17(21)19-11-16(13-7-10-22-12-13)20-8-3-4-9-20/h1-2,5-7,10,12,16H,3-4,8-9,11H2,(H,19,21). The Morgan fingerprint density at radius 3 is 2.73 bits per heavy atom. The summed E-state index contributed by atoms with van der Waals surface area (Å²) in [7, 11) is 0. The predicted molar refractivity (Wildman–Crippen MR) is 94.3 cm³/mol. The lowest BCUT2D eigenvalue weighted by Crippen LogP contribution is -2.36. The fourth-order valence-corrected chi connectivity index (χ4v) is 4.08. The van der Waals surface area contributed by atoms with E-state index < -0.39 is 0 Å². The number of rotatable bonds is 5. The maximum absolute atomic E-state index is 12.4. The van der Waals surface area contributed by atoms with E-state index in [0.717, 1.165) is 17.6 Å². The molecule has 1 aromatic carbocycles. The molecule has 0 aliphatic carbocycles. The lowest BCUT2D eigenvalue weighted by Gasteiger charge is -2.27. The van der Waals surface area contributed by atoms with Gasteiger partial charge in [-0.05, 0) is 76.4 Å². The van der Waals surface area contributed by atoms with Gasteiger partial charge in [-0.15, -0.1) is 0 Å². The zero-order valence-corrected chi connectivity index (χ0v) is 14.7. The van der Waals surface area contributed by atoms with Gasteiger partial charge in [0.25, 0.3) is 5.91 Å². The van der Waals surface area contributed by atoms with Crippen molar-refractivity contribution in [2.24, 2.45) is 0 Å².